The Kier molecular flexibility index (Phi) is 7.45. The molecule has 0 atom stereocenters. The molecule has 2 heterocycles. The Balaban J connectivity index is 1.53. The van der Waals surface area contributed by atoms with Crippen LogP contribution in [0.3, 0.4) is 0 Å². The van der Waals surface area contributed by atoms with E-state index < -0.39 is 11.9 Å². The number of hydrogen-bond acceptors (Lipinski definition) is 3. The van der Waals surface area contributed by atoms with Crippen LogP contribution >= 0.6 is 23.8 Å². The zero-order valence-electron chi connectivity index (χ0n) is 17.9. The van der Waals surface area contributed by atoms with E-state index >= 15 is 0 Å². The summed E-state index contributed by atoms with van der Waals surface area (Å²) in [5, 5.41) is 14.5. The monoisotopic (exact) mass is 484 g/mol. The third-order valence-electron chi connectivity index (χ3n) is 5.03. The fraction of sp³-hybridized carbons (Fsp3) is 0.381. The van der Waals surface area contributed by atoms with E-state index in [9.17, 15) is 13.2 Å². The molecule has 0 fully saturated rings. The van der Waals surface area contributed by atoms with Crippen molar-refractivity contribution >= 4 is 34.6 Å². The highest BCUT2D eigenvalue weighted by Gasteiger charge is 2.38. The molecule has 0 aliphatic carbocycles. The zero-order chi connectivity index (χ0) is 23.5. The number of hydrogen-bond donors (Lipinski definition) is 2. The van der Waals surface area contributed by atoms with Gasteiger partial charge < -0.3 is 10.6 Å². The van der Waals surface area contributed by atoms with E-state index in [0.717, 1.165) is 22.6 Å². The summed E-state index contributed by atoms with van der Waals surface area (Å²) in [4.78, 5) is 0. The molecule has 3 aromatic rings. The number of thiocarbonyl (C=S) groups is 1. The van der Waals surface area contributed by atoms with E-state index in [-0.39, 0.29) is 17.3 Å². The van der Waals surface area contributed by atoms with Gasteiger partial charge in [0.2, 0.25) is 0 Å². The smallest absolute Gasteiger partial charge is 0.362 e. The number of nitrogens with zero attached hydrogens (tertiary/aromatic N) is 4. The van der Waals surface area contributed by atoms with Gasteiger partial charge in [0.1, 0.15) is 0 Å². The van der Waals surface area contributed by atoms with Gasteiger partial charge in [-0.3, -0.25) is 9.36 Å². The maximum atomic E-state index is 12.9. The highest BCUT2D eigenvalue weighted by molar-refractivity contribution is 7.80. The quantitative estimate of drug-likeness (QED) is 0.361. The molecule has 32 heavy (non-hydrogen) atoms. The second kappa shape index (κ2) is 9.91. The molecule has 3 rings (SSSR count). The van der Waals surface area contributed by atoms with Gasteiger partial charge in [0.15, 0.2) is 10.8 Å². The van der Waals surface area contributed by atoms with Crippen molar-refractivity contribution in [1.82, 2.24) is 24.9 Å². The number of anilines is 1. The third kappa shape index (κ3) is 5.60. The average Bonchev–Trinajstić information content (AvgIpc) is 3.16. The Bertz CT molecular complexity index is 1090. The van der Waals surface area contributed by atoms with Gasteiger partial charge in [-0.1, -0.05) is 41.9 Å². The van der Waals surface area contributed by atoms with Gasteiger partial charge in [-0.15, -0.1) is 0 Å². The van der Waals surface area contributed by atoms with Gasteiger partial charge in [-0.25, -0.2) is 0 Å². The van der Waals surface area contributed by atoms with E-state index in [1.54, 1.807) is 0 Å². The molecule has 11 heteroatoms. The van der Waals surface area contributed by atoms with E-state index in [1.165, 1.54) is 11.6 Å². The predicted molar refractivity (Wildman–Crippen MR) is 123 cm³/mol. The average molecular weight is 485 g/mol. The number of alkyl halides is 3. The molecule has 2 N–H and O–H groups in total. The lowest BCUT2D eigenvalue weighted by atomic mass is 10.2. The highest BCUT2D eigenvalue weighted by atomic mass is 35.5. The zero-order valence-corrected chi connectivity index (χ0v) is 19.5. The Hall–Kier alpha value is -2.59. The molecule has 2 aromatic heterocycles. The molecule has 0 spiro atoms. The van der Waals surface area contributed by atoms with Crippen molar-refractivity contribution in [2.24, 2.45) is 0 Å². The van der Waals surface area contributed by atoms with Crippen molar-refractivity contribution in [2.45, 2.75) is 46.5 Å². The first kappa shape index (κ1) is 24.1. The van der Waals surface area contributed by atoms with Crippen LogP contribution in [0.5, 0.6) is 0 Å². The van der Waals surface area contributed by atoms with Gasteiger partial charge in [-0.2, -0.15) is 23.4 Å². The summed E-state index contributed by atoms with van der Waals surface area (Å²) < 4.78 is 42.0. The summed E-state index contributed by atoms with van der Waals surface area (Å²) in [6.07, 6.45) is -4.05. The first-order valence-corrected chi connectivity index (χ1v) is 10.8. The number of nitrogens with one attached hydrogen (secondary N) is 2. The highest BCUT2D eigenvalue weighted by Crippen LogP contribution is 2.35. The molecular formula is C21H24ClF3N6S. The molecule has 0 aliphatic heterocycles. The van der Waals surface area contributed by atoms with Crippen LogP contribution in [0, 0.1) is 20.8 Å². The largest absolute Gasteiger partial charge is 0.436 e. The molecule has 6 nitrogen and oxygen atoms in total. The Morgan fingerprint density at radius 2 is 1.75 bits per heavy atom. The van der Waals surface area contributed by atoms with E-state index in [0.29, 0.717) is 24.6 Å². The van der Waals surface area contributed by atoms with Crippen molar-refractivity contribution in [3.63, 3.8) is 0 Å². The predicted octanol–water partition coefficient (Wildman–Crippen LogP) is 5.10. The van der Waals surface area contributed by atoms with Crippen molar-refractivity contribution in [3.8, 4) is 0 Å². The van der Waals surface area contributed by atoms with Gasteiger partial charge in [0, 0.05) is 13.1 Å². The van der Waals surface area contributed by atoms with Crippen molar-refractivity contribution in [1.29, 1.82) is 0 Å². The maximum Gasteiger partial charge on any atom is 0.436 e. The van der Waals surface area contributed by atoms with Crippen LogP contribution < -0.4 is 10.6 Å². The van der Waals surface area contributed by atoms with Gasteiger partial charge in [0.25, 0.3) is 0 Å². The lowest BCUT2D eigenvalue weighted by Gasteiger charge is -2.12. The minimum absolute atomic E-state index is 0.282. The van der Waals surface area contributed by atoms with Crippen LogP contribution in [0.15, 0.2) is 30.3 Å². The first-order chi connectivity index (χ1) is 15.1. The minimum Gasteiger partial charge on any atom is -0.362 e. The van der Waals surface area contributed by atoms with Gasteiger partial charge in [-0.05, 0) is 45.0 Å². The number of aryl methyl sites for hydroxylation is 2. The maximum absolute atomic E-state index is 12.9. The lowest BCUT2D eigenvalue weighted by molar-refractivity contribution is -0.141. The van der Waals surface area contributed by atoms with Gasteiger partial charge in [0.05, 0.1) is 34.3 Å². The minimum atomic E-state index is -4.57. The van der Waals surface area contributed by atoms with E-state index in [2.05, 4.69) is 20.8 Å². The van der Waals surface area contributed by atoms with Crippen LogP contribution in [0.25, 0.3) is 0 Å². The number of rotatable bonds is 7. The van der Waals surface area contributed by atoms with Crippen molar-refractivity contribution in [3.05, 3.63) is 63.7 Å². The van der Waals surface area contributed by atoms with E-state index in [1.807, 2.05) is 48.9 Å². The molecule has 0 unspecified atom stereocenters. The molecule has 0 radical (unpaired) electrons. The molecule has 0 bridgehead atoms. The summed E-state index contributed by atoms with van der Waals surface area (Å²) in [5.74, 6) is 0. The topological polar surface area (TPSA) is 59.7 Å². The van der Waals surface area contributed by atoms with Crippen molar-refractivity contribution < 1.29 is 13.2 Å². The SMILES string of the molecule is Cc1nn(Cc2ccccc2)c(C)c1NC(=S)NCCCn1nc(C(F)(F)F)c(Cl)c1C. The fourth-order valence-electron chi connectivity index (χ4n) is 3.30. The molecule has 0 saturated heterocycles. The Morgan fingerprint density at radius 3 is 2.38 bits per heavy atom. The summed E-state index contributed by atoms with van der Waals surface area (Å²) in [6.45, 7) is 6.78. The standard InChI is InChI=1S/C21H24ClF3N6S/c1-13-18(15(3)31(28-13)12-16-8-5-4-6-9-16)27-20(32)26-10-7-11-30-14(2)17(22)19(29-30)21(23,24)25/h4-6,8-9H,7,10-12H2,1-3H3,(H2,26,27,32). The summed E-state index contributed by atoms with van der Waals surface area (Å²) in [6, 6.07) is 10.0. The summed E-state index contributed by atoms with van der Waals surface area (Å²) in [5.41, 5.74) is 2.99. The second-order valence-corrected chi connectivity index (χ2v) is 8.18. The fourth-order valence-corrected chi connectivity index (χ4v) is 3.75. The second-order valence-electron chi connectivity index (χ2n) is 7.39. The van der Waals surface area contributed by atoms with Crippen LogP contribution in [0.1, 0.15) is 34.8 Å². The molecule has 0 amide bonds. The Labute approximate surface area is 194 Å². The third-order valence-corrected chi connectivity index (χ3v) is 5.73. The lowest BCUT2D eigenvalue weighted by Crippen LogP contribution is -2.30. The number of benzene rings is 1. The van der Waals surface area contributed by atoms with Crippen molar-refractivity contribution in [2.75, 3.05) is 11.9 Å². The molecule has 0 saturated carbocycles. The number of halogens is 4. The molecule has 172 valence electrons. The molecule has 1 aromatic carbocycles. The van der Waals surface area contributed by atoms with Crippen LogP contribution in [-0.4, -0.2) is 31.2 Å². The normalized spacial score (nSPS) is 11.6. The molecular weight excluding hydrogens is 461 g/mol. The number of aromatic nitrogens is 4. The van der Waals surface area contributed by atoms with Gasteiger partial charge >= 0.3 is 6.18 Å². The van der Waals surface area contributed by atoms with E-state index in [4.69, 9.17) is 23.8 Å². The Morgan fingerprint density at radius 1 is 1.06 bits per heavy atom. The molecule has 0 aliphatic rings. The van der Waals surface area contributed by atoms with Crippen LogP contribution in [0.4, 0.5) is 18.9 Å². The first-order valence-electron chi connectivity index (χ1n) is 10.0. The van der Waals surface area contributed by atoms with Crippen LogP contribution in [0.2, 0.25) is 5.02 Å². The van der Waals surface area contributed by atoms with Crippen LogP contribution in [-0.2, 0) is 19.3 Å². The summed E-state index contributed by atoms with van der Waals surface area (Å²) in [7, 11) is 0. The summed E-state index contributed by atoms with van der Waals surface area (Å²) >= 11 is 11.1.